The zero-order valence-corrected chi connectivity index (χ0v) is 60.1. The molecule has 1 atom stereocenters. The van der Waals surface area contributed by atoms with Crippen LogP contribution in [0.25, 0.3) is 0 Å². The maximum absolute atomic E-state index is 11.5. The van der Waals surface area contributed by atoms with Crippen molar-refractivity contribution in [3.05, 3.63) is 12.2 Å². The summed E-state index contributed by atoms with van der Waals surface area (Å²) in [6.45, 7) is 17.0. The number of carbonyl (C=O) groups is 4. The lowest BCUT2D eigenvalue weighted by molar-refractivity contribution is -0.122. The molecule has 0 aliphatic rings. The van der Waals surface area contributed by atoms with Crippen molar-refractivity contribution in [2.45, 2.75) is 414 Å². The van der Waals surface area contributed by atoms with Crippen molar-refractivity contribution >= 4 is 23.6 Å². The van der Waals surface area contributed by atoms with Gasteiger partial charge in [-0.2, -0.15) is 0 Å². The molecular formula is C77H156N4O7. The molecule has 4 amide bonds. The van der Waals surface area contributed by atoms with Crippen LogP contribution in [-0.2, 0) is 19.2 Å². The van der Waals surface area contributed by atoms with Crippen molar-refractivity contribution in [1.82, 2.24) is 21.3 Å². The van der Waals surface area contributed by atoms with Crippen LogP contribution in [0.15, 0.2) is 12.2 Å². The van der Waals surface area contributed by atoms with Crippen LogP contribution in [-0.4, -0.2) is 84.4 Å². The summed E-state index contributed by atoms with van der Waals surface area (Å²) in [5.74, 6) is 1.00. The molecule has 0 aliphatic carbocycles. The second-order valence-electron chi connectivity index (χ2n) is 26.3. The van der Waals surface area contributed by atoms with Crippen molar-refractivity contribution in [2.24, 2.45) is 5.92 Å². The van der Waals surface area contributed by atoms with Gasteiger partial charge in [-0.05, 0) is 64.2 Å². The third-order valence-corrected chi connectivity index (χ3v) is 16.4. The summed E-state index contributed by atoms with van der Waals surface area (Å²) in [5, 5.41) is 37.3. The summed E-state index contributed by atoms with van der Waals surface area (Å²) in [6.07, 6.45) is 75.4. The molecule has 0 aromatic heterocycles. The van der Waals surface area contributed by atoms with E-state index in [1.807, 2.05) is 0 Å². The molecule has 0 aliphatic heterocycles. The Labute approximate surface area is 548 Å². The molecule has 0 rings (SSSR count). The Morgan fingerprint density at radius 1 is 0.284 bits per heavy atom. The average molecular weight is 1250 g/mol. The highest BCUT2D eigenvalue weighted by Crippen LogP contribution is 2.17. The lowest BCUT2D eigenvalue weighted by atomic mass is 10.0. The van der Waals surface area contributed by atoms with E-state index in [1.54, 1.807) is 6.92 Å². The Kier molecular flexibility index (Phi) is 88.3. The van der Waals surface area contributed by atoms with E-state index < -0.39 is 6.10 Å². The normalized spacial score (nSPS) is 11.4. The number of rotatable bonds is 65. The summed E-state index contributed by atoms with van der Waals surface area (Å²) in [6, 6.07) is 0. The third-order valence-electron chi connectivity index (χ3n) is 16.4. The molecule has 0 bridgehead atoms. The minimum absolute atomic E-state index is 0.0259. The predicted octanol–water partition coefficient (Wildman–Crippen LogP) is 20.9. The Balaban J connectivity index is -0.000000535. The first-order valence-electron chi connectivity index (χ1n) is 38.6. The molecule has 88 heavy (non-hydrogen) atoms. The van der Waals surface area contributed by atoms with Crippen molar-refractivity contribution < 1.29 is 34.5 Å². The van der Waals surface area contributed by atoms with Gasteiger partial charge in [0.05, 0.1) is 19.3 Å². The van der Waals surface area contributed by atoms with Gasteiger partial charge in [0.25, 0.3) is 0 Å². The van der Waals surface area contributed by atoms with Gasteiger partial charge in [0.2, 0.25) is 23.6 Å². The number of carbonyl (C=O) groups excluding carboxylic acids is 4. The molecule has 11 nitrogen and oxygen atoms in total. The van der Waals surface area contributed by atoms with E-state index in [1.165, 1.54) is 289 Å². The number of nitrogens with one attached hydrogen (secondary N) is 4. The molecule has 0 aromatic carbocycles. The number of hydrogen-bond donors (Lipinski definition) is 7. The molecule has 526 valence electrons. The van der Waals surface area contributed by atoms with Crippen LogP contribution in [0.2, 0.25) is 0 Å². The fraction of sp³-hybridized carbons (Fsp3) is 0.922. The Morgan fingerprint density at radius 2 is 0.477 bits per heavy atom. The van der Waals surface area contributed by atoms with E-state index in [0.29, 0.717) is 51.2 Å². The van der Waals surface area contributed by atoms with Gasteiger partial charge in [0.1, 0.15) is 0 Å². The lowest BCUT2D eigenvalue weighted by Gasteiger charge is -2.07. The van der Waals surface area contributed by atoms with Crippen LogP contribution < -0.4 is 21.3 Å². The summed E-state index contributed by atoms with van der Waals surface area (Å²) in [5.41, 5.74) is 0. The fourth-order valence-corrected chi connectivity index (χ4v) is 10.6. The van der Waals surface area contributed by atoms with Gasteiger partial charge in [-0.15, -0.1) is 0 Å². The van der Waals surface area contributed by atoms with Crippen LogP contribution >= 0.6 is 0 Å². The standard InChI is InChI=1S/C20H39NO2.C20H41NO.C19H39NO2.C18H37NO2/c1-2-3-4-5-6-7-8-9-10-11-12-13-14-15-16-17-20(23)21-18-19-22;1-4-5-6-7-8-9-10-11-12-13-14-15-16-17-20(22)21-18-19(2)3;1-3-4-5-6-7-8-9-10-11-12-13-14-15-16-19(22)20-17-18(2)21;1-2-3-4-5-6-7-8-9-10-11-12-13-14-15-18(21)19-16-17-20/h9-10,22H,2-8,11-19H2,1H3,(H,21,23);19H,4-18H2,1-3H3,(H,21,22);18,21H,3-17H2,1-2H3,(H,20,22);20H,2-17H2,1H3,(H,19,21)/b10-9-;;;/t;;18-;/m..0./s1. The minimum atomic E-state index is -0.449. The first-order chi connectivity index (χ1) is 42.9. The Bertz CT molecular complexity index is 1330. The molecule has 0 unspecified atom stereocenters. The number of aliphatic hydroxyl groups is 3. The number of hydrogen-bond acceptors (Lipinski definition) is 7. The molecule has 0 saturated heterocycles. The van der Waals surface area contributed by atoms with Crippen molar-refractivity contribution in [2.75, 3.05) is 39.4 Å². The topological polar surface area (TPSA) is 177 Å². The molecule has 0 fully saturated rings. The zero-order chi connectivity index (χ0) is 65.5. The van der Waals surface area contributed by atoms with Crippen LogP contribution in [0.4, 0.5) is 0 Å². The SMILES string of the molecule is CCCCCCCC/C=C\CCCCCCCC(=O)NCCO.CCCCCCCCCCCCCCCC(=O)NCC(C)C.CCCCCCCCCCCCCCCC(=O)NCCO.CCCCCCCCCCCCCCCC(=O)NC[C@H](C)O. The smallest absolute Gasteiger partial charge is 0.220 e. The van der Waals surface area contributed by atoms with E-state index in [-0.39, 0.29) is 36.8 Å². The highest BCUT2D eigenvalue weighted by molar-refractivity contribution is 5.76. The van der Waals surface area contributed by atoms with Gasteiger partial charge in [0.15, 0.2) is 0 Å². The third kappa shape index (κ3) is 94.6. The largest absolute Gasteiger partial charge is 0.395 e. The van der Waals surface area contributed by atoms with Crippen LogP contribution in [0.1, 0.15) is 408 Å². The molecular weight excluding hydrogens is 1090 g/mol. The molecule has 0 heterocycles. The first-order valence-corrected chi connectivity index (χ1v) is 38.6. The quantitative estimate of drug-likeness (QED) is 0.0234. The monoisotopic (exact) mass is 1250 g/mol. The van der Waals surface area contributed by atoms with E-state index in [4.69, 9.17) is 15.3 Å². The van der Waals surface area contributed by atoms with Gasteiger partial charge >= 0.3 is 0 Å². The highest BCUT2D eigenvalue weighted by Gasteiger charge is 2.05. The van der Waals surface area contributed by atoms with Gasteiger partial charge < -0.3 is 36.6 Å². The predicted molar refractivity (Wildman–Crippen MR) is 383 cm³/mol. The molecule has 0 aromatic rings. The van der Waals surface area contributed by atoms with Crippen molar-refractivity contribution in [3.8, 4) is 0 Å². The summed E-state index contributed by atoms with van der Waals surface area (Å²) in [4.78, 5) is 45.5. The summed E-state index contributed by atoms with van der Waals surface area (Å²) in [7, 11) is 0. The summed E-state index contributed by atoms with van der Waals surface area (Å²) < 4.78 is 0. The number of amides is 4. The van der Waals surface area contributed by atoms with Gasteiger partial charge in [-0.25, -0.2) is 0 Å². The van der Waals surface area contributed by atoms with Gasteiger partial charge in [-0.3, -0.25) is 19.2 Å². The van der Waals surface area contributed by atoms with E-state index in [0.717, 1.165) is 51.5 Å². The number of unbranched alkanes of at least 4 members (excludes halogenated alkanes) is 47. The molecule has 11 heteroatoms. The van der Waals surface area contributed by atoms with E-state index in [2.05, 4.69) is 75.0 Å². The Morgan fingerprint density at radius 3 is 0.682 bits per heavy atom. The first kappa shape index (κ1) is 91.9. The van der Waals surface area contributed by atoms with Crippen LogP contribution in [0.3, 0.4) is 0 Å². The Hall–Kier alpha value is -2.50. The van der Waals surface area contributed by atoms with Crippen LogP contribution in [0.5, 0.6) is 0 Å². The molecule has 0 spiro atoms. The summed E-state index contributed by atoms with van der Waals surface area (Å²) >= 11 is 0. The van der Waals surface area contributed by atoms with E-state index in [9.17, 15) is 19.2 Å². The van der Waals surface area contributed by atoms with Crippen molar-refractivity contribution in [3.63, 3.8) is 0 Å². The fourth-order valence-electron chi connectivity index (χ4n) is 10.6. The van der Waals surface area contributed by atoms with Gasteiger partial charge in [0, 0.05) is 51.9 Å². The molecule has 0 radical (unpaired) electrons. The second kappa shape index (κ2) is 84.5. The lowest BCUT2D eigenvalue weighted by Crippen LogP contribution is -2.30. The molecule has 0 saturated carbocycles. The maximum atomic E-state index is 11.5. The van der Waals surface area contributed by atoms with E-state index >= 15 is 0 Å². The van der Waals surface area contributed by atoms with Crippen LogP contribution in [0, 0.1) is 5.92 Å². The number of allylic oxidation sites excluding steroid dienone is 2. The average Bonchev–Trinajstić information content (AvgIpc) is 3.52. The highest BCUT2D eigenvalue weighted by atomic mass is 16.3. The minimum Gasteiger partial charge on any atom is -0.395 e. The van der Waals surface area contributed by atoms with Gasteiger partial charge in [-0.1, -0.05) is 336 Å². The zero-order valence-electron chi connectivity index (χ0n) is 60.1. The second-order valence-corrected chi connectivity index (χ2v) is 26.3. The number of aliphatic hydroxyl groups excluding tert-OH is 3. The maximum Gasteiger partial charge on any atom is 0.220 e. The molecule has 7 N–H and O–H groups in total. The van der Waals surface area contributed by atoms with Crippen molar-refractivity contribution in [1.29, 1.82) is 0 Å².